The van der Waals surface area contributed by atoms with Gasteiger partial charge in [-0.2, -0.15) is 0 Å². The first-order valence-corrected chi connectivity index (χ1v) is 7.09. The van der Waals surface area contributed by atoms with Gasteiger partial charge in [-0.15, -0.1) is 0 Å². The molecule has 1 aromatic carbocycles. The van der Waals surface area contributed by atoms with Gasteiger partial charge in [0.05, 0.1) is 6.04 Å². The number of hydrogen-bond acceptors (Lipinski definition) is 2. The lowest BCUT2D eigenvalue weighted by molar-refractivity contribution is 0.415. The van der Waals surface area contributed by atoms with Crippen molar-refractivity contribution < 1.29 is 0 Å². The van der Waals surface area contributed by atoms with Gasteiger partial charge in [0.15, 0.2) is 0 Å². The number of nitrogens with one attached hydrogen (secondary N) is 2. The van der Waals surface area contributed by atoms with Gasteiger partial charge in [0, 0.05) is 18.4 Å². The van der Waals surface area contributed by atoms with Crippen LogP contribution in [0.25, 0.3) is 0 Å². The van der Waals surface area contributed by atoms with Crippen molar-refractivity contribution in [3.63, 3.8) is 0 Å². The summed E-state index contributed by atoms with van der Waals surface area (Å²) in [6.07, 6.45) is 7.00. The van der Waals surface area contributed by atoms with Gasteiger partial charge >= 0.3 is 0 Å². The molecule has 1 aromatic heterocycles. The van der Waals surface area contributed by atoms with Crippen LogP contribution in [0.1, 0.15) is 44.1 Å². The van der Waals surface area contributed by atoms with Gasteiger partial charge < -0.3 is 10.3 Å². The Labute approximate surface area is 115 Å². The number of benzene rings is 1. The summed E-state index contributed by atoms with van der Waals surface area (Å²) in [7, 11) is 0. The second-order valence-electron chi connectivity index (χ2n) is 5.03. The van der Waals surface area contributed by atoms with Gasteiger partial charge in [-0.3, -0.25) is 0 Å². The Morgan fingerprint density at radius 1 is 1.26 bits per heavy atom. The molecule has 0 aliphatic heterocycles. The van der Waals surface area contributed by atoms with Gasteiger partial charge in [-0.25, -0.2) is 4.98 Å². The molecule has 2 aromatic rings. The Balaban J connectivity index is 1.82. The van der Waals surface area contributed by atoms with E-state index in [4.69, 9.17) is 0 Å². The van der Waals surface area contributed by atoms with Crippen molar-refractivity contribution in [2.45, 2.75) is 45.2 Å². The summed E-state index contributed by atoms with van der Waals surface area (Å²) in [5.41, 5.74) is 1.40. The highest BCUT2D eigenvalue weighted by atomic mass is 15.0. The zero-order valence-corrected chi connectivity index (χ0v) is 11.8. The Morgan fingerprint density at radius 2 is 2.05 bits per heavy atom. The van der Waals surface area contributed by atoms with Gasteiger partial charge in [0.2, 0.25) is 0 Å². The molecule has 2 atom stereocenters. The monoisotopic (exact) mass is 257 g/mol. The standard InChI is InChI=1S/C16H23N3/c1-3-15(16-17-11-12-18-16)19-13(2)9-10-14-7-5-4-6-8-14/h4-8,11-13,15,19H,3,9-10H2,1-2H3,(H,17,18). The molecule has 0 aliphatic carbocycles. The predicted octanol–water partition coefficient (Wildman–Crippen LogP) is 3.47. The second-order valence-corrected chi connectivity index (χ2v) is 5.03. The van der Waals surface area contributed by atoms with E-state index in [-0.39, 0.29) is 0 Å². The van der Waals surface area contributed by atoms with Crippen molar-refractivity contribution in [3.8, 4) is 0 Å². The second kappa shape index (κ2) is 7.10. The van der Waals surface area contributed by atoms with Crippen molar-refractivity contribution in [2.24, 2.45) is 0 Å². The van der Waals surface area contributed by atoms with Crippen molar-refractivity contribution in [2.75, 3.05) is 0 Å². The lowest BCUT2D eigenvalue weighted by Crippen LogP contribution is -2.31. The van der Waals surface area contributed by atoms with Crippen LogP contribution in [0, 0.1) is 0 Å². The molecule has 0 saturated carbocycles. The third-order valence-electron chi connectivity index (χ3n) is 3.45. The number of aryl methyl sites for hydroxylation is 1. The average molecular weight is 257 g/mol. The van der Waals surface area contributed by atoms with Crippen LogP contribution in [0.4, 0.5) is 0 Å². The number of H-pyrrole nitrogens is 1. The van der Waals surface area contributed by atoms with Crippen LogP contribution < -0.4 is 5.32 Å². The fraction of sp³-hybridized carbons (Fsp3) is 0.438. The summed E-state index contributed by atoms with van der Waals surface area (Å²) < 4.78 is 0. The maximum atomic E-state index is 4.34. The SMILES string of the molecule is CCC(NC(C)CCc1ccccc1)c1ncc[nH]1. The molecule has 3 nitrogen and oxygen atoms in total. The van der Waals surface area contributed by atoms with Gasteiger partial charge in [-0.05, 0) is 31.7 Å². The number of nitrogens with zero attached hydrogens (tertiary/aromatic N) is 1. The van der Waals surface area contributed by atoms with Crippen LogP contribution in [-0.2, 0) is 6.42 Å². The van der Waals surface area contributed by atoms with Crippen molar-refractivity contribution in [1.29, 1.82) is 0 Å². The molecular formula is C16H23N3. The first-order chi connectivity index (χ1) is 9.29. The van der Waals surface area contributed by atoms with Gasteiger partial charge in [-0.1, -0.05) is 37.3 Å². The Kier molecular flexibility index (Phi) is 5.16. The molecule has 2 rings (SSSR count). The maximum absolute atomic E-state index is 4.34. The van der Waals surface area contributed by atoms with Crippen molar-refractivity contribution >= 4 is 0 Å². The molecule has 0 aliphatic rings. The van der Waals surface area contributed by atoms with Crippen LogP contribution in [0.3, 0.4) is 0 Å². The molecule has 2 N–H and O–H groups in total. The zero-order chi connectivity index (χ0) is 13.5. The van der Waals surface area contributed by atoms with E-state index >= 15 is 0 Å². The Hall–Kier alpha value is -1.61. The number of aromatic amines is 1. The third kappa shape index (κ3) is 4.21. The van der Waals surface area contributed by atoms with E-state index in [0.29, 0.717) is 12.1 Å². The molecule has 1 heterocycles. The quantitative estimate of drug-likeness (QED) is 0.797. The minimum absolute atomic E-state index is 0.320. The van der Waals surface area contributed by atoms with Crippen LogP contribution in [0.5, 0.6) is 0 Å². The lowest BCUT2D eigenvalue weighted by Gasteiger charge is -2.20. The number of imidazole rings is 1. The minimum Gasteiger partial charge on any atom is -0.347 e. The summed E-state index contributed by atoms with van der Waals surface area (Å²) in [4.78, 5) is 7.53. The van der Waals surface area contributed by atoms with Crippen LogP contribution in [-0.4, -0.2) is 16.0 Å². The molecule has 3 heteroatoms. The maximum Gasteiger partial charge on any atom is 0.123 e. The number of hydrogen-bond donors (Lipinski definition) is 2. The topological polar surface area (TPSA) is 40.7 Å². The summed E-state index contributed by atoms with van der Waals surface area (Å²) >= 11 is 0. The van der Waals surface area contributed by atoms with Crippen LogP contribution in [0.15, 0.2) is 42.7 Å². The smallest absolute Gasteiger partial charge is 0.123 e. The van der Waals surface area contributed by atoms with Crippen LogP contribution >= 0.6 is 0 Å². The van der Waals surface area contributed by atoms with E-state index in [1.807, 2.05) is 12.4 Å². The molecule has 0 saturated heterocycles. The molecule has 0 fully saturated rings. The normalized spacial score (nSPS) is 14.2. The molecule has 0 spiro atoms. The van der Waals surface area contributed by atoms with Crippen LogP contribution in [0.2, 0.25) is 0 Å². The number of aromatic nitrogens is 2. The zero-order valence-electron chi connectivity index (χ0n) is 11.8. The van der Waals surface area contributed by atoms with E-state index in [1.165, 1.54) is 5.56 Å². The van der Waals surface area contributed by atoms with E-state index in [9.17, 15) is 0 Å². The third-order valence-corrected chi connectivity index (χ3v) is 3.45. The predicted molar refractivity (Wildman–Crippen MR) is 79.0 cm³/mol. The summed E-state index contributed by atoms with van der Waals surface area (Å²) in [6.45, 7) is 4.43. The molecule has 102 valence electrons. The number of rotatable bonds is 7. The molecule has 0 bridgehead atoms. The minimum atomic E-state index is 0.320. The van der Waals surface area contributed by atoms with E-state index < -0.39 is 0 Å². The van der Waals surface area contributed by atoms with Crippen molar-refractivity contribution in [1.82, 2.24) is 15.3 Å². The summed E-state index contributed by atoms with van der Waals surface area (Å²) in [5.74, 6) is 1.04. The molecule has 2 unspecified atom stereocenters. The summed E-state index contributed by atoms with van der Waals surface area (Å²) in [5, 5.41) is 3.65. The highest BCUT2D eigenvalue weighted by Gasteiger charge is 2.14. The van der Waals surface area contributed by atoms with Crippen molar-refractivity contribution in [3.05, 3.63) is 54.1 Å². The largest absolute Gasteiger partial charge is 0.347 e. The molecule has 19 heavy (non-hydrogen) atoms. The molecule has 0 amide bonds. The fourth-order valence-electron chi connectivity index (χ4n) is 2.31. The lowest BCUT2D eigenvalue weighted by atomic mass is 10.0. The fourth-order valence-corrected chi connectivity index (χ4v) is 2.31. The summed E-state index contributed by atoms with van der Waals surface area (Å²) in [6, 6.07) is 11.5. The molecule has 0 radical (unpaired) electrons. The molecular weight excluding hydrogens is 234 g/mol. The first kappa shape index (κ1) is 13.8. The van der Waals surface area contributed by atoms with E-state index in [1.54, 1.807) is 0 Å². The highest BCUT2D eigenvalue weighted by molar-refractivity contribution is 5.14. The van der Waals surface area contributed by atoms with Gasteiger partial charge in [0.25, 0.3) is 0 Å². The van der Waals surface area contributed by atoms with E-state index in [2.05, 4.69) is 59.5 Å². The Bertz CT molecular complexity index is 450. The van der Waals surface area contributed by atoms with E-state index in [0.717, 1.165) is 25.1 Å². The highest BCUT2D eigenvalue weighted by Crippen LogP contribution is 2.14. The van der Waals surface area contributed by atoms with Gasteiger partial charge in [0.1, 0.15) is 5.82 Å². The first-order valence-electron chi connectivity index (χ1n) is 7.09. The average Bonchev–Trinajstić information content (AvgIpc) is 2.97. The Morgan fingerprint density at radius 3 is 2.68 bits per heavy atom.